The predicted octanol–water partition coefficient (Wildman–Crippen LogP) is 4.61. The van der Waals surface area contributed by atoms with E-state index in [9.17, 15) is 4.79 Å². The lowest BCUT2D eigenvalue weighted by atomic mass is 9.85. The topological polar surface area (TPSA) is 17.1 Å². The molecule has 0 amide bonds. The Kier molecular flexibility index (Phi) is 5.36. The monoisotopic (exact) mass is 256 g/mol. The lowest BCUT2D eigenvalue weighted by Gasteiger charge is -2.19. The minimum atomic E-state index is 0.409. The largest absolute Gasteiger partial charge is 0.289 e. The average Bonchev–Trinajstić information content (AvgIpc) is 2.34. The maximum absolute atomic E-state index is 10.5. The Morgan fingerprint density at radius 2 is 1.37 bits per heavy atom. The zero-order chi connectivity index (χ0) is 14.6. The minimum absolute atomic E-state index is 0.409. The maximum Gasteiger partial charge on any atom is 0.193 e. The van der Waals surface area contributed by atoms with Gasteiger partial charge in [-0.15, -0.1) is 0 Å². The summed E-state index contributed by atoms with van der Waals surface area (Å²) >= 11 is 0. The molecule has 0 saturated heterocycles. The highest BCUT2D eigenvalue weighted by molar-refractivity contribution is 5.74. The van der Waals surface area contributed by atoms with Gasteiger partial charge in [-0.2, -0.15) is 0 Å². The van der Waals surface area contributed by atoms with Crippen LogP contribution >= 0.6 is 0 Å². The number of benzene rings is 1. The van der Waals surface area contributed by atoms with E-state index in [0.29, 0.717) is 24.0 Å². The van der Waals surface area contributed by atoms with Crippen LogP contribution in [0, 0.1) is 11.8 Å². The molecule has 0 aliphatic rings. The van der Waals surface area contributed by atoms with Crippen LogP contribution in [0.15, 0.2) is 12.1 Å². The Bertz CT molecular complexity index is 481. The SMILES string of the molecule is CC(C)c1cc(C(C)C)c(C#CC=O)c(C(C)C)c1. The van der Waals surface area contributed by atoms with Crippen molar-refractivity contribution >= 4 is 6.29 Å². The molecule has 0 N–H and O–H groups in total. The van der Waals surface area contributed by atoms with Gasteiger partial charge in [-0.05, 0) is 40.4 Å². The van der Waals surface area contributed by atoms with Crippen LogP contribution in [0.2, 0.25) is 0 Å². The molecule has 0 radical (unpaired) electrons. The fourth-order valence-electron chi connectivity index (χ4n) is 2.20. The van der Waals surface area contributed by atoms with Crippen molar-refractivity contribution in [3.05, 3.63) is 34.4 Å². The number of rotatable bonds is 3. The summed E-state index contributed by atoms with van der Waals surface area (Å²) < 4.78 is 0. The third kappa shape index (κ3) is 3.70. The second-order valence-corrected chi connectivity index (χ2v) is 5.93. The zero-order valence-corrected chi connectivity index (χ0v) is 12.9. The molecular formula is C18H24O. The summed E-state index contributed by atoms with van der Waals surface area (Å²) in [5.74, 6) is 6.94. The van der Waals surface area contributed by atoms with Gasteiger partial charge in [-0.25, -0.2) is 0 Å². The molecular weight excluding hydrogens is 232 g/mol. The minimum Gasteiger partial charge on any atom is -0.289 e. The fourth-order valence-corrected chi connectivity index (χ4v) is 2.20. The van der Waals surface area contributed by atoms with Crippen molar-refractivity contribution < 1.29 is 4.79 Å². The molecule has 1 aromatic carbocycles. The number of hydrogen-bond donors (Lipinski definition) is 0. The molecule has 0 bridgehead atoms. The highest BCUT2D eigenvalue weighted by Crippen LogP contribution is 2.31. The van der Waals surface area contributed by atoms with E-state index in [1.807, 2.05) is 0 Å². The van der Waals surface area contributed by atoms with Gasteiger partial charge in [-0.1, -0.05) is 59.6 Å². The van der Waals surface area contributed by atoms with Crippen LogP contribution in [-0.2, 0) is 4.79 Å². The Balaban J connectivity index is 3.60. The first kappa shape index (κ1) is 15.5. The molecule has 0 heterocycles. The molecule has 19 heavy (non-hydrogen) atoms. The van der Waals surface area contributed by atoms with Crippen molar-refractivity contribution in [2.45, 2.75) is 59.3 Å². The van der Waals surface area contributed by atoms with Crippen LogP contribution in [0.5, 0.6) is 0 Å². The van der Waals surface area contributed by atoms with E-state index < -0.39 is 0 Å². The summed E-state index contributed by atoms with van der Waals surface area (Å²) in [7, 11) is 0. The number of hydrogen-bond acceptors (Lipinski definition) is 1. The van der Waals surface area contributed by atoms with Crippen molar-refractivity contribution in [3.63, 3.8) is 0 Å². The van der Waals surface area contributed by atoms with Crippen LogP contribution in [-0.4, -0.2) is 6.29 Å². The number of aldehydes is 1. The molecule has 0 saturated carbocycles. The lowest BCUT2D eigenvalue weighted by Crippen LogP contribution is -2.04. The highest BCUT2D eigenvalue weighted by atomic mass is 16.1. The molecule has 1 heteroatoms. The van der Waals surface area contributed by atoms with E-state index in [4.69, 9.17) is 0 Å². The molecule has 102 valence electrons. The molecule has 0 aliphatic heterocycles. The van der Waals surface area contributed by atoms with Crippen molar-refractivity contribution in [1.29, 1.82) is 0 Å². The van der Waals surface area contributed by atoms with E-state index in [0.717, 1.165) is 5.56 Å². The van der Waals surface area contributed by atoms with Crippen molar-refractivity contribution in [3.8, 4) is 11.8 Å². The second-order valence-electron chi connectivity index (χ2n) is 5.93. The van der Waals surface area contributed by atoms with Gasteiger partial charge >= 0.3 is 0 Å². The van der Waals surface area contributed by atoms with Crippen molar-refractivity contribution in [2.75, 3.05) is 0 Å². The number of carbonyl (C=O) groups excluding carboxylic acids is 1. The summed E-state index contributed by atoms with van der Waals surface area (Å²) in [6, 6.07) is 4.49. The van der Waals surface area contributed by atoms with Gasteiger partial charge in [0.05, 0.1) is 0 Å². The standard InChI is InChI=1S/C18H24O/c1-12(2)15-10-17(13(3)4)16(8-7-9-19)18(11-15)14(5)6/h9-14H,1-6H3. The first-order valence-electron chi connectivity index (χ1n) is 7.01. The third-order valence-corrected chi connectivity index (χ3v) is 3.39. The Labute approximate surface area is 117 Å². The summed E-state index contributed by atoms with van der Waals surface area (Å²) in [4.78, 5) is 10.5. The predicted molar refractivity (Wildman–Crippen MR) is 81.7 cm³/mol. The first-order valence-corrected chi connectivity index (χ1v) is 7.01. The molecule has 1 nitrogen and oxygen atoms in total. The highest BCUT2D eigenvalue weighted by Gasteiger charge is 2.15. The summed E-state index contributed by atoms with van der Waals surface area (Å²) in [6.45, 7) is 13.1. The molecule has 1 rings (SSSR count). The molecule has 0 spiro atoms. The molecule has 1 aromatic rings. The van der Waals surface area contributed by atoms with E-state index in [1.54, 1.807) is 0 Å². The molecule has 0 unspecified atom stereocenters. The van der Waals surface area contributed by atoms with Crippen molar-refractivity contribution in [2.24, 2.45) is 0 Å². The van der Waals surface area contributed by atoms with Gasteiger partial charge in [0.2, 0.25) is 0 Å². The van der Waals surface area contributed by atoms with Gasteiger partial charge in [0, 0.05) is 5.56 Å². The normalized spacial score (nSPS) is 10.8. The van der Waals surface area contributed by atoms with Gasteiger partial charge in [0.1, 0.15) is 0 Å². The van der Waals surface area contributed by atoms with Crippen LogP contribution in [0.4, 0.5) is 0 Å². The summed E-state index contributed by atoms with van der Waals surface area (Å²) in [5, 5.41) is 0. The van der Waals surface area contributed by atoms with E-state index in [1.165, 1.54) is 16.7 Å². The molecule has 0 atom stereocenters. The van der Waals surface area contributed by atoms with Gasteiger partial charge in [-0.3, -0.25) is 4.79 Å². The van der Waals surface area contributed by atoms with E-state index in [2.05, 4.69) is 65.5 Å². The average molecular weight is 256 g/mol. The Morgan fingerprint density at radius 1 is 0.895 bits per heavy atom. The van der Waals surface area contributed by atoms with Crippen LogP contribution in [0.1, 0.15) is 81.5 Å². The van der Waals surface area contributed by atoms with Crippen LogP contribution in [0.3, 0.4) is 0 Å². The van der Waals surface area contributed by atoms with Crippen LogP contribution < -0.4 is 0 Å². The molecule has 0 aromatic heterocycles. The fraction of sp³-hybridized carbons (Fsp3) is 0.500. The Morgan fingerprint density at radius 3 is 1.68 bits per heavy atom. The van der Waals surface area contributed by atoms with Gasteiger partial charge < -0.3 is 0 Å². The zero-order valence-electron chi connectivity index (χ0n) is 12.9. The third-order valence-electron chi connectivity index (χ3n) is 3.39. The number of carbonyl (C=O) groups is 1. The van der Waals surface area contributed by atoms with Gasteiger partial charge in [0.15, 0.2) is 6.29 Å². The van der Waals surface area contributed by atoms with E-state index in [-0.39, 0.29) is 0 Å². The summed E-state index contributed by atoms with van der Waals surface area (Å²) in [5.41, 5.74) is 4.90. The second kappa shape index (κ2) is 6.57. The Hall–Kier alpha value is -1.55. The first-order chi connectivity index (χ1) is 8.88. The summed E-state index contributed by atoms with van der Waals surface area (Å²) in [6.07, 6.45) is 0.671. The molecule has 0 aliphatic carbocycles. The molecule has 0 fully saturated rings. The van der Waals surface area contributed by atoms with E-state index >= 15 is 0 Å². The van der Waals surface area contributed by atoms with Crippen molar-refractivity contribution in [1.82, 2.24) is 0 Å². The quantitative estimate of drug-likeness (QED) is 0.570. The van der Waals surface area contributed by atoms with Gasteiger partial charge in [0.25, 0.3) is 0 Å². The maximum atomic E-state index is 10.5. The van der Waals surface area contributed by atoms with Crippen LogP contribution in [0.25, 0.3) is 0 Å². The smallest absolute Gasteiger partial charge is 0.193 e. The lowest BCUT2D eigenvalue weighted by molar-refractivity contribution is -0.103.